The van der Waals surface area contributed by atoms with Crippen molar-refractivity contribution >= 4 is 12.6 Å². The summed E-state index contributed by atoms with van der Waals surface area (Å²) in [5.74, 6) is -1.89. The van der Waals surface area contributed by atoms with Gasteiger partial charge in [-0.1, -0.05) is 0 Å². The molecule has 0 heterocycles. The molecule has 0 aromatic heterocycles. The van der Waals surface area contributed by atoms with Gasteiger partial charge in [-0.25, -0.2) is 0 Å². The summed E-state index contributed by atoms with van der Waals surface area (Å²) in [7, 11) is 0. The Morgan fingerprint density at radius 1 is 1.00 bits per heavy atom. The second-order valence-electron chi connectivity index (χ2n) is 1.01. The highest BCUT2D eigenvalue weighted by atomic mass is 16.3. The summed E-state index contributed by atoms with van der Waals surface area (Å²) in [4.78, 5) is 19.0. The van der Waals surface area contributed by atoms with Crippen LogP contribution in [0.25, 0.3) is 0 Å². The SMILES string of the molecule is O=C/C(O)=C(/O)C=O. The first kappa shape index (κ1) is 6.68. The Kier molecular flexibility index (Phi) is 2.33. The standard InChI is InChI=1S/C4H4O4/c5-1-3(7)4(8)2-6/h1-2,7-8H/b4-3-. The minimum Gasteiger partial charge on any atom is -0.502 e. The van der Waals surface area contributed by atoms with Crippen LogP contribution in [0.5, 0.6) is 0 Å². The van der Waals surface area contributed by atoms with Gasteiger partial charge in [0.1, 0.15) is 0 Å². The predicted molar refractivity (Wildman–Crippen MR) is 24.4 cm³/mol. The van der Waals surface area contributed by atoms with Gasteiger partial charge in [0.05, 0.1) is 0 Å². The molecular weight excluding hydrogens is 112 g/mol. The molecule has 0 aliphatic rings. The maximum absolute atomic E-state index is 9.48. The van der Waals surface area contributed by atoms with Gasteiger partial charge in [-0.15, -0.1) is 0 Å². The quantitative estimate of drug-likeness (QED) is 0.295. The summed E-state index contributed by atoms with van der Waals surface area (Å²) in [6, 6.07) is 0. The van der Waals surface area contributed by atoms with Crippen molar-refractivity contribution in [1.82, 2.24) is 0 Å². The number of allylic oxidation sites excluding steroid dienone is 2. The van der Waals surface area contributed by atoms with Crippen LogP contribution in [0.4, 0.5) is 0 Å². The van der Waals surface area contributed by atoms with Gasteiger partial charge in [0.25, 0.3) is 0 Å². The van der Waals surface area contributed by atoms with Crippen molar-refractivity contribution in [1.29, 1.82) is 0 Å². The Balaban J connectivity index is 4.25. The van der Waals surface area contributed by atoms with Crippen LogP contribution in [0.15, 0.2) is 11.5 Å². The van der Waals surface area contributed by atoms with Crippen molar-refractivity contribution in [3.63, 3.8) is 0 Å². The van der Waals surface area contributed by atoms with E-state index in [1.54, 1.807) is 0 Å². The Morgan fingerprint density at radius 2 is 1.25 bits per heavy atom. The van der Waals surface area contributed by atoms with E-state index in [1.165, 1.54) is 0 Å². The molecule has 44 valence electrons. The molecule has 0 aliphatic carbocycles. The summed E-state index contributed by atoms with van der Waals surface area (Å²) in [6.07, 6.45) is -0.0481. The number of aldehydes is 2. The van der Waals surface area contributed by atoms with E-state index in [0.29, 0.717) is 0 Å². The van der Waals surface area contributed by atoms with Crippen molar-refractivity contribution in [3.8, 4) is 0 Å². The van der Waals surface area contributed by atoms with Gasteiger partial charge in [0.2, 0.25) is 11.5 Å². The third-order valence-electron chi connectivity index (χ3n) is 0.486. The van der Waals surface area contributed by atoms with Crippen LogP contribution in [-0.2, 0) is 9.59 Å². The average Bonchev–Trinajstić information content (AvgIpc) is 1.84. The van der Waals surface area contributed by atoms with Gasteiger partial charge in [-0.05, 0) is 0 Å². The fraction of sp³-hybridized carbons (Fsp3) is 0. The highest BCUT2D eigenvalue weighted by molar-refractivity contribution is 5.81. The molecule has 0 rings (SSSR count). The minimum absolute atomic E-state index is 0.0241. The zero-order valence-corrected chi connectivity index (χ0v) is 3.87. The normalized spacial score (nSPS) is 12.0. The largest absolute Gasteiger partial charge is 0.502 e. The van der Waals surface area contributed by atoms with Gasteiger partial charge < -0.3 is 10.2 Å². The van der Waals surface area contributed by atoms with Crippen LogP contribution >= 0.6 is 0 Å². The van der Waals surface area contributed by atoms with E-state index in [2.05, 4.69) is 0 Å². The number of carbonyl (C=O) groups excluding carboxylic acids is 2. The molecule has 0 atom stereocenters. The molecule has 0 aromatic carbocycles. The van der Waals surface area contributed by atoms with Gasteiger partial charge in [0, 0.05) is 0 Å². The van der Waals surface area contributed by atoms with Gasteiger partial charge in [-0.2, -0.15) is 0 Å². The van der Waals surface area contributed by atoms with Crippen molar-refractivity contribution < 1.29 is 19.8 Å². The Labute approximate surface area is 45.1 Å². The molecule has 0 fully saturated rings. The summed E-state index contributed by atoms with van der Waals surface area (Å²) < 4.78 is 0. The van der Waals surface area contributed by atoms with Crippen molar-refractivity contribution in [3.05, 3.63) is 11.5 Å². The number of carbonyl (C=O) groups is 2. The molecule has 0 amide bonds. The Morgan fingerprint density at radius 3 is 1.38 bits per heavy atom. The lowest BCUT2D eigenvalue weighted by Gasteiger charge is -1.84. The topological polar surface area (TPSA) is 74.6 Å². The monoisotopic (exact) mass is 116 g/mol. The number of aliphatic hydroxyl groups is 2. The van der Waals surface area contributed by atoms with Crippen LogP contribution in [0, 0.1) is 0 Å². The average molecular weight is 116 g/mol. The van der Waals surface area contributed by atoms with E-state index < -0.39 is 11.5 Å². The highest BCUT2D eigenvalue weighted by Crippen LogP contribution is 1.86. The second kappa shape index (κ2) is 2.79. The van der Waals surface area contributed by atoms with Crippen LogP contribution in [-0.4, -0.2) is 22.8 Å². The molecule has 0 aliphatic heterocycles. The lowest BCUT2D eigenvalue weighted by molar-refractivity contribution is -0.110. The number of hydrogen-bond acceptors (Lipinski definition) is 4. The first-order chi connectivity index (χ1) is 3.72. The van der Waals surface area contributed by atoms with Crippen molar-refractivity contribution in [2.75, 3.05) is 0 Å². The Bertz CT molecular complexity index is 119. The van der Waals surface area contributed by atoms with E-state index in [1.807, 2.05) is 0 Å². The molecule has 0 bridgehead atoms. The molecule has 2 N–H and O–H groups in total. The lowest BCUT2D eigenvalue weighted by atomic mass is 10.4. The molecule has 4 heteroatoms. The number of rotatable bonds is 2. The summed E-state index contributed by atoms with van der Waals surface area (Å²) in [5.41, 5.74) is 0. The van der Waals surface area contributed by atoms with Crippen LogP contribution in [0.3, 0.4) is 0 Å². The third kappa shape index (κ3) is 1.42. The fourth-order valence-electron chi connectivity index (χ4n) is 0.121. The number of hydrogen-bond donors (Lipinski definition) is 2. The maximum atomic E-state index is 9.48. The van der Waals surface area contributed by atoms with Gasteiger partial charge >= 0.3 is 0 Å². The Hall–Kier alpha value is -1.32. The first-order valence-corrected chi connectivity index (χ1v) is 1.75. The van der Waals surface area contributed by atoms with Gasteiger partial charge in [0.15, 0.2) is 12.6 Å². The molecule has 4 nitrogen and oxygen atoms in total. The highest BCUT2D eigenvalue weighted by Gasteiger charge is 1.96. The molecule has 0 radical (unpaired) electrons. The van der Waals surface area contributed by atoms with E-state index >= 15 is 0 Å². The number of aliphatic hydroxyl groups excluding tert-OH is 2. The zero-order chi connectivity index (χ0) is 6.57. The molecule has 0 saturated heterocycles. The van der Waals surface area contributed by atoms with Gasteiger partial charge in [-0.3, -0.25) is 9.59 Å². The lowest BCUT2D eigenvalue weighted by Crippen LogP contribution is -1.91. The van der Waals surface area contributed by atoms with E-state index in [-0.39, 0.29) is 12.6 Å². The summed E-state index contributed by atoms with van der Waals surface area (Å²) >= 11 is 0. The summed E-state index contributed by atoms with van der Waals surface area (Å²) in [6.45, 7) is 0. The zero-order valence-electron chi connectivity index (χ0n) is 3.87. The minimum atomic E-state index is -0.944. The maximum Gasteiger partial charge on any atom is 0.201 e. The summed E-state index contributed by atoms with van der Waals surface area (Å²) in [5, 5.41) is 16.3. The fourth-order valence-corrected chi connectivity index (χ4v) is 0.121. The van der Waals surface area contributed by atoms with E-state index in [9.17, 15) is 9.59 Å². The van der Waals surface area contributed by atoms with Crippen molar-refractivity contribution in [2.45, 2.75) is 0 Å². The predicted octanol–water partition coefficient (Wildman–Crippen LogP) is -0.288. The van der Waals surface area contributed by atoms with Crippen LogP contribution in [0.1, 0.15) is 0 Å². The van der Waals surface area contributed by atoms with Crippen LogP contribution in [0.2, 0.25) is 0 Å². The first-order valence-electron chi connectivity index (χ1n) is 1.75. The smallest absolute Gasteiger partial charge is 0.201 e. The molecule has 0 aromatic rings. The molecular formula is C4H4O4. The third-order valence-corrected chi connectivity index (χ3v) is 0.486. The molecule has 0 unspecified atom stereocenters. The second-order valence-corrected chi connectivity index (χ2v) is 1.01. The molecule has 0 spiro atoms. The van der Waals surface area contributed by atoms with Crippen molar-refractivity contribution in [2.24, 2.45) is 0 Å². The molecule has 8 heavy (non-hydrogen) atoms. The van der Waals surface area contributed by atoms with E-state index in [4.69, 9.17) is 10.2 Å². The molecule has 0 saturated carbocycles. The van der Waals surface area contributed by atoms with Crippen LogP contribution < -0.4 is 0 Å². The van der Waals surface area contributed by atoms with E-state index in [0.717, 1.165) is 0 Å².